The topological polar surface area (TPSA) is 68.5 Å². The summed E-state index contributed by atoms with van der Waals surface area (Å²) in [7, 11) is 1.59. The van der Waals surface area contributed by atoms with Crippen LogP contribution in [-0.4, -0.2) is 27.6 Å². The van der Waals surface area contributed by atoms with Gasteiger partial charge >= 0.3 is 0 Å². The first-order chi connectivity index (χ1) is 13.2. The Hall–Kier alpha value is -3.19. The Kier molecular flexibility index (Phi) is 4.60. The lowest BCUT2D eigenvalue weighted by Crippen LogP contribution is -2.13. The van der Waals surface area contributed by atoms with Gasteiger partial charge in [0.25, 0.3) is 5.91 Å². The van der Waals surface area contributed by atoms with Gasteiger partial charge in [-0.05, 0) is 47.7 Å². The molecule has 7 heteroatoms. The van der Waals surface area contributed by atoms with E-state index in [4.69, 9.17) is 4.74 Å². The van der Waals surface area contributed by atoms with E-state index in [1.807, 2.05) is 53.9 Å². The molecule has 0 aliphatic carbocycles. The zero-order chi connectivity index (χ0) is 18.8. The van der Waals surface area contributed by atoms with Crippen molar-refractivity contribution < 1.29 is 9.53 Å². The number of nitrogens with zero attached hydrogens (tertiary/aromatic N) is 3. The highest BCUT2D eigenvalue weighted by Gasteiger charge is 2.16. The van der Waals surface area contributed by atoms with Crippen molar-refractivity contribution in [3.8, 4) is 16.3 Å². The number of hydrogen-bond donors (Lipinski definition) is 1. The molecule has 0 spiro atoms. The summed E-state index contributed by atoms with van der Waals surface area (Å²) in [6.45, 7) is 2.08. The molecule has 1 amide bonds. The normalized spacial score (nSPS) is 10.9. The van der Waals surface area contributed by atoms with Crippen LogP contribution in [0.1, 0.15) is 22.8 Å². The molecule has 3 heterocycles. The van der Waals surface area contributed by atoms with E-state index in [1.54, 1.807) is 23.0 Å². The van der Waals surface area contributed by atoms with Crippen LogP contribution in [0.3, 0.4) is 0 Å². The monoisotopic (exact) mass is 378 g/mol. The fourth-order valence-electron chi connectivity index (χ4n) is 2.83. The Morgan fingerprint density at radius 3 is 2.67 bits per heavy atom. The molecule has 136 valence electrons. The Labute approximate surface area is 160 Å². The number of aromatic nitrogens is 3. The summed E-state index contributed by atoms with van der Waals surface area (Å²) in [5.74, 6) is 0.586. The van der Waals surface area contributed by atoms with Gasteiger partial charge in [-0.15, -0.1) is 16.4 Å². The van der Waals surface area contributed by atoms with Crippen LogP contribution in [-0.2, 0) is 6.42 Å². The number of aryl methyl sites for hydroxylation is 1. The first-order valence-corrected chi connectivity index (χ1v) is 9.45. The van der Waals surface area contributed by atoms with Crippen LogP contribution in [0.4, 0.5) is 5.95 Å². The average molecular weight is 378 g/mol. The number of rotatable bonds is 5. The van der Waals surface area contributed by atoms with E-state index in [9.17, 15) is 4.79 Å². The van der Waals surface area contributed by atoms with Gasteiger partial charge in [-0.2, -0.15) is 4.98 Å². The van der Waals surface area contributed by atoms with E-state index >= 15 is 0 Å². The molecule has 0 aliphatic heterocycles. The van der Waals surface area contributed by atoms with Crippen LogP contribution in [0.15, 0.2) is 53.9 Å². The van der Waals surface area contributed by atoms with Crippen LogP contribution in [0, 0.1) is 0 Å². The fourth-order valence-corrected chi connectivity index (χ4v) is 3.56. The Morgan fingerprint density at radius 2 is 2.00 bits per heavy atom. The van der Waals surface area contributed by atoms with Gasteiger partial charge in [-0.3, -0.25) is 10.1 Å². The van der Waals surface area contributed by atoms with Crippen molar-refractivity contribution in [2.24, 2.45) is 0 Å². The number of fused-ring (bicyclic) bond motifs is 1. The highest BCUT2D eigenvalue weighted by atomic mass is 32.1. The summed E-state index contributed by atoms with van der Waals surface area (Å²) in [4.78, 5) is 18.0. The van der Waals surface area contributed by atoms with Crippen LogP contribution < -0.4 is 10.1 Å². The van der Waals surface area contributed by atoms with Crippen LogP contribution in [0.5, 0.6) is 5.75 Å². The Morgan fingerprint density at radius 1 is 1.19 bits per heavy atom. The molecule has 0 saturated heterocycles. The third kappa shape index (κ3) is 3.29. The minimum atomic E-state index is -0.245. The van der Waals surface area contributed by atoms with Crippen LogP contribution >= 0.6 is 11.3 Å². The van der Waals surface area contributed by atoms with E-state index in [-0.39, 0.29) is 11.9 Å². The number of thiophene rings is 1. The summed E-state index contributed by atoms with van der Waals surface area (Å²) in [6.07, 6.45) is 0.932. The Balaban J connectivity index is 1.70. The quantitative estimate of drug-likeness (QED) is 0.563. The van der Waals surface area contributed by atoms with Gasteiger partial charge in [-0.25, -0.2) is 4.52 Å². The molecular formula is C20H18N4O2S. The zero-order valence-corrected chi connectivity index (χ0v) is 15.8. The lowest BCUT2D eigenvalue weighted by Gasteiger charge is -2.05. The number of anilines is 1. The summed E-state index contributed by atoms with van der Waals surface area (Å²) in [5, 5.41) is 9.26. The minimum Gasteiger partial charge on any atom is -0.493 e. The molecule has 0 fully saturated rings. The number of hydrogen-bond acceptors (Lipinski definition) is 5. The summed E-state index contributed by atoms with van der Waals surface area (Å²) < 4.78 is 7.09. The van der Waals surface area contributed by atoms with Gasteiger partial charge in [0.1, 0.15) is 0 Å². The van der Waals surface area contributed by atoms with E-state index < -0.39 is 0 Å². The van der Waals surface area contributed by atoms with Crippen LogP contribution in [0.25, 0.3) is 16.2 Å². The van der Waals surface area contributed by atoms with Crippen molar-refractivity contribution in [2.45, 2.75) is 13.3 Å². The summed E-state index contributed by atoms with van der Waals surface area (Å²) in [5.41, 5.74) is 3.19. The van der Waals surface area contributed by atoms with E-state index in [1.165, 1.54) is 5.56 Å². The molecule has 0 aliphatic rings. The number of benzene rings is 1. The number of carbonyl (C=O) groups excluding carboxylic acids is 1. The molecular weight excluding hydrogens is 360 g/mol. The second kappa shape index (κ2) is 7.20. The smallest absolute Gasteiger partial charge is 0.258 e. The highest BCUT2D eigenvalue weighted by molar-refractivity contribution is 7.13. The predicted octanol–water partition coefficient (Wildman–Crippen LogP) is 4.28. The number of nitrogens with one attached hydrogen (secondary N) is 1. The number of pyridine rings is 1. The molecule has 4 aromatic rings. The molecule has 3 aromatic heterocycles. The molecule has 4 rings (SSSR count). The van der Waals surface area contributed by atoms with Gasteiger partial charge in [0, 0.05) is 5.56 Å². The lowest BCUT2D eigenvalue weighted by molar-refractivity contribution is 0.102. The van der Waals surface area contributed by atoms with Crippen molar-refractivity contribution in [1.82, 2.24) is 14.6 Å². The number of amides is 1. The average Bonchev–Trinajstić information content (AvgIpc) is 3.37. The third-order valence-electron chi connectivity index (χ3n) is 4.29. The molecule has 27 heavy (non-hydrogen) atoms. The van der Waals surface area contributed by atoms with Crippen molar-refractivity contribution in [2.75, 3.05) is 12.4 Å². The molecule has 0 radical (unpaired) electrons. The van der Waals surface area contributed by atoms with Crippen molar-refractivity contribution in [3.05, 3.63) is 65.0 Å². The maximum Gasteiger partial charge on any atom is 0.258 e. The minimum absolute atomic E-state index is 0.238. The molecule has 6 nitrogen and oxygen atoms in total. The van der Waals surface area contributed by atoms with E-state index in [0.29, 0.717) is 17.0 Å². The number of methoxy groups -OCH3 is 1. The number of carbonyl (C=O) groups is 1. The van der Waals surface area contributed by atoms with Gasteiger partial charge in [0.05, 0.1) is 17.7 Å². The van der Waals surface area contributed by atoms with Crippen molar-refractivity contribution in [3.63, 3.8) is 0 Å². The lowest BCUT2D eigenvalue weighted by atomic mass is 10.1. The van der Waals surface area contributed by atoms with E-state index in [2.05, 4.69) is 22.3 Å². The largest absolute Gasteiger partial charge is 0.493 e. The standard InChI is InChI=1S/C20H18N4O2S/c1-3-13-6-8-14(9-7-13)19(25)22-20-21-18-16(26-2)11-10-15(24(18)23-20)17-5-4-12-27-17/h4-12H,3H2,1-2H3,(H,22,23,25). The number of ether oxygens (including phenoxy) is 1. The van der Waals surface area contributed by atoms with E-state index in [0.717, 1.165) is 17.0 Å². The molecule has 0 unspecified atom stereocenters. The summed E-state index contributed by atoms with van der Waals surface area (Å²) in [6, 6.07) is 15.3. The zero-order valence-electron chi connectivity index (χ0n) is 15.0. The predicted molar refractivity (Wildman–Crippen MR) is 107 cm³/mol. The van der Waals surface area contributed by atoms with Crippen LogP contribution in [0.2, 0.25) is 0 Å². The molecule has 1 aromatic carbocycles. The van der Waals surface area contributed by atoms with Gasteiger partial charge in [0.2, 0.25) is 5.95 Å². The highest BCUT2D eigenvalue weighted by Crippen LogP contribution is 2.29. The SMILES string of the molecule is CCc1ccc(C(=O)Nc2nc3c(OC)ccc(-c4cccs4)n3n2)cc1. The Bertz CT molecular complexity index is 1090. The molecule has 0 atom stereocenters. The third-order valence-corrected chi connectivity index (χ3v) is 5.18. The maximum atomic E-state index is 12.5. The second-order valence-corrected chi connectivity index (χ2v) is 6.89. The van der Waals surface area contributed by atoms with Gasteiger partial charge in [-0.1, -0.05) is 25.1 Å². The fraction of sp³-hybridized carbons (Fsp3) is 0.150. The van der Waals surface area contributed by atoms with Gasteiger partial charge < -0.3 is 4.74 Å². The van der Waals surface area contributed by atoms with Crippen molar-refractivity contribution in [1.29, 1.82) is 0 Å². The molecule has 0 bridgehead atoms. The second-order valence-electron chi connectivity index (χ2n) is 5.94. The molecule has 1 N–H and O–H groups in total. The summed E-state index contributed by atoms with van der Waals surface area (Å²) >= 11 is 1.61. The first-order valence-electron chi connectivity index (χ1n) is 8.57. The maximum absolute atomic E-state index is 12.5. The van der Waals surface area contributed by atoms with Gasteiger partial charge in [0.15, 0.2) is 11.4 Å². The van der Waals surface area contributed by atoms with Crippen molar-refractivity contribution >= 4 is 28.8 Å². The first kappa shape index (κ1) is 17.2. The molecule has 0 saturated carbocycles.